The molecule has 6 nitrogen and oxygen atoms in total. The van der Waals surface area contributed by atoms with Crippen LogP contribution in [-0.4, -0.2) is 35.5 Å². The molecule has 0 bridgehead atoms. The Morgan fingerprint density at radius 1 is 1.23 bits per heavy atom. The average molecular weight is 418 g/mol. The summed E-state index contributed by atoms with van der Waals surface area (Å²) >= 11 is 0. The second-order valence-corrected chi connectivity index (χ2v) is 7.92. The van der Waals surface area contributed by atoms with Crippen LogP contribution >= 0.6 is 0 Å². The van der Waals surface area contributed by atoms with Crippen LogP contribution in [0.15, 0.2) is 30.5 Å². The van der Waals surface area contributed by atoms with Crippen molar-refractivity contribution in [2.45, 2.75) is 45.3 Å². The number of benzene rings is 1. The number of Topliss-reactive ketones (excluding diaryl/α,β-unsaturated/α-hetero) is 1. The molecule has 0 unspecified atom stereocenters. The number of nitrogens with zero attached hydrogens (tertiary/aromatic N) is 1. The number of hydrogen-bond donors (Lipinski definition) is 1. The maximum atomic E-state index is 14.4. The van der Waals surface area contributed by atoms with E-state index in [9.17, 15) is 18.4 Å². The minimum absolute atomic E-state index is 0.211. The summed E-state index contributed by atoms with van der Waals surface area (Å²) < 4.78 is 39.2. The van der Waals surface area contributed by atoms with Crippen molar-refractivity contribution in [3.63, 3.8) is 0 Å². The summed E-state index contributed by atoms with van der Waals surface area (Å²) in [4.78, 5) is 28.6. The van der Waals surface area contributed by atoms with Crippen molar-refractivity contribution < 1.29 is 27.8 Å². The molecule has 0 aliphatic carbocycles. The lowest BCUT2D eigenvalue weighted by atomic mass is 9.78. The van der Waals surface area contributed by atoms with Gasteiger partial charge in [-0.1, -0.05) is 13.0 Å². The maximum Gasteiger partial charge on any atom is 0.254 e. The van der Waals surface area contributed by atoms with E-state index in [4.69, 9.17) is 9.47 Å². The van der Waals surface area contributed by atoms with E-state index < -0.39 is 35.2 Å². The summed E-state index contributed by atoms with van der Waals surface area (Å²) in [6.07, 6.45) is 0.437. The number of ketones is 1. The number of halogens is 2. The van der Waals surface area contributed by atoms with Gasteiger partial charge in [0.25, 0.3) is 5.91 Å². The summed E-state index contributed by atoms with van der Waals surface area (Å²) in [6, 6.07) is 5.46. The van der Waals surface area contributed by atoms with Gasteiger partial charge in [0.1, 0.15) is 11.8 Å². The first kappa shape index (κ1) is 21.8. The van der Waals surface area contributed by atoms with Gasteiger partial charge < -0.3 is 14.8 Å². The normalized spacial score (nSPS) is 22.6. The summed E-state index contributed by atoms with van der Waals surface area (Å²) in [5.74, 6) is -3.88. The topological polar surface area (TPSA) is 77.5 Å². The molecule has 1 saturated heterocycles. The molecule has 2 heterocycles. The Kier molecular flexibility index (Phi) is 5.90. The maximum absolute atomic E-state index is 14.4. The van der Waals surface area contributed by atoms with Crippen molar-refractivity contribution in [3.8, 4) is 5.75 Å². The Morgan fingerprint density at radius 3 is 2.57 bits per heavy atom. The van der Waals surface area contributed by atoms with Crippen LogP contribution in [-0.2, 0) is 9.53 Å². The third-order valence-corrected chi connectivity index (χ3v) is 5.68. The lowest BCUT2D eigenvalue weighted by Gasteiger charge is -2.25. The quantitative estimate of drug-likeness (QED) is 0.740. The van der Waals surface area contributed by atoms with Gasteiger partial charge in [-0.05, 0) is 38.0 Å². The molecule has 1 aliphatic heterocycles. The van der Waals surface area contributed by atoms with E-state index in [-0.39, 0.29) is 23.1 Å². The number of carbonyl (C=O) groups is 2. The lowest BCUT2D eigenvalue weighted by Crippen LogP contribution is -2.33. The van der Waals surface area contributed by atoms with Gasteiger partial charge in [0.05, 0.1) is 12.7 Å². The summed E-state index contributed by atoms with van der Waals surface area (Å²) in [5.41, 5.74) is 0.254. The highest BCUT2D eigenvalue weighted by Gasteiger charge is 2.51. The van der Waals surface area contributed by atoms with Crippen molar-refractivity contribution in [3.05, 3.63) is 53.4 Å². The lowest BCUT2D eigenvalue weighted by molar-refractivity contribution is -0.131. The van der Waals surface area contributed by atoms with Gasteiger partial charge in [0, 0.05) is 30.3 Å². The molecule has 1 amide bonds. The van der Waals surface area contributed by atoms with Gasteiger partial charge in [-0.25, -0.2) is 4.39 Å². The van der Waals surface area contributed by atoms with E-state index >= 15 is 0 Å². The SMILES string of the molecule is COc1c([C@H]2[C@@H](C(=O)Nc3ccnc(C(C)=O)c3)OC(C)(C)[C@H]2C)ccc(F)c1F. The highest BCUT2D eigenvalue weighted by molar-refractivity contribution is 5.97. The van der Waals surface area contributed by atoms with Crippen LogP contribution in [0.2, 0.25) is 0 Å². The van der Waals surface area contributed by atoms with E-state index in [1.807, 2.05) is 20.8 Å². The standard InChI is InChI=1S/C22H24F2N2O4/c1-11-17(14-6-7-15(23)18(24)19(14)29-5)20(30-22(11,3)4)21(28)26-13-8-9-25-16(10-13)12(2)27/h6-11,17,20H,1-5H3,(H,25,26,28)/t11-,17-,20-/m0/s1. The smallest absolute Gasteiger partial charge is 0.254 e. The number of ether oxygens (including phenoxy) is 2. The molecule has 1 aromatic heterocycles. The van der Waals surface area contributed by atoms with Gasteiger partial charge in [-0.15, -0.1) is 0 Å². The summed E-state index contributed by atoms with van der Waals surface area (Å²) in [7, 11) is 1.25. The Morgan fingerprint density at radius 2 is 1.93 bits per heavy atom. The number of hydrogen-bond acceptors (Lipinski definition) is 5. The van der Waals surface area contributed by atoms with Crippen LogP contribution in [0.25, 0.3) is 0 Å². The zero-order chi connectivity index (χ0) is 22.2. The Bertz CT molecular complexity index is 993. The Balaban J connectivity index is 1.98. The fourth-order valence-corrected chi connectivity index (χ4v) is 3.78. The molecule has 0 radical (unpaired) electrons. The zero-order valence-electron chi connectivity index (χ0n) is 17.5. The largest absolute Gasteiger partial charge is 0.493 e. The van der Waals surface area contributed by atoms with Gasteiger partial charge in [-0.3, -0.25) is 14.6 Å². The van der Waals surface area contributed by atoms with Crippen LogP contribution in [0, 0.1) is 17.6 Å². The highest BCUT2D eigenvalue weighted by Crippen LogP contribution is 2.49. The number of aromatic nitrogens is 1. The molecule has 160 valence electrons. The number of methoxy groups -OCH3 is 1. The first-order valence-corrected chi connectivity index (χ1v) is 9.54. The van der Waals surface area contributed by atoms with Crippen LogP contribution in [0.4, 0.5) is 14.5 Å². The molecular formula is C22H24F2N2O4. The molecule has 30 heavy (non-hydrogen) atoms. The molecule has 1 aromatic carbocycles. The number of carbonyl (C=O) groups excluding carboxylic acids is 2. The Hall–Kier alpha value is -2.87. The van der Waals surface area contributed by atoms with Gasteiger partial charge in [0.2, 0.25) is 5.82 Å². The summed E-state index contributed by atoms with van der Waals surface area (Å²) in [6.45, 7) is 6.94. The third kappa shape index (κ3) is 3.92. The van der Waals surface area contributed by atoms with Crippen LogP contribution in [0.5, 0.6) is 5.75 Å². The highest BCUT2D eigenvalue weighted by atomic mass is 19.2. The van der Waals surface area contributed by atoms with E-state index in [1.54, 1.807) is 6.07 Å². The minimum Gasteiger partial charge on any atom is -0.493 e. The third-order valence-electron chi connectivity index (χ3n) is 5.68. The molecule has 0 saturated carbocycles. The monoisotopic (exact) mass is 418 g/mol. The van der Waals surface area contributed by atoms with Gasteiger partial charge in [-0.2, -0.15) is 4.39 Å². The zero-order valence-corrected chi connectivity index (χ0v) is 17.5. The van der Waals surface area contributed by atoms with Crippen LogP contribution in [0.3, 0.4) is 0 Å². The fraction of sp³-hybridized carbons (Fsp3) is 0.409. The Labute approximate surface area is 173 Å². The first-order chi connectivity index (χ1) is 14.1. The molecule has 8 heteroatoms. The van der Waals surface area contributed by atoms with Crippen molar-refractivity contribution in [1.29, 1.82) is 0 Å². The molecule has 3 atom stereocenters. The van der Waals surface area contributed by atoms with Crippen molar-refractivity contribution in [2.75, 3.05) is 12.4 Å². The average Bonchev–Trinajstić information content (AvgIpc) is 2.93. The van der Waals surface area contributed by atoms with E-state index in [0.29, 0.717) is 11.3 Å². The second-order valence-electron chi connectivity index (χ2n) is 7.92. The van der Waals surface area contributed by atoms with Crippen LogP contribution < -0.4 is 10.1 Å². The number of rotatable bonds is 5. The molecule has 0 spiro atoms. The first-order valence-electron chi connectivity index (χ1n) is 9.54. The van der Waals surface area contributed by atoms with E-state index in [1.165, 1.54) is 32.4 Å². The van der Waals surface area contributed by atoms with Crippen molar-refractivity contribution in [1.82, 2.24) is 4.98 Å². The summed E-state index contributed by atoms with van der Waals surface area (Å²) in [5, 5.41) is 2.74. The van der Waals surface area contributed by atoms with E-state index in [2.05, 4.69) is 10.3 Å². The number of nitrogens with one attached hydrogen (secondary N) is 1. The number of anilines is 1. The van der Waals surface area contributed by atoms with Gasteiger partial charge >= 0.3 is 0 Å². The molecule has 3 rings (SSSR count). The molecule has 2 aromatic rings. The second kappa shape index (κ2) is 8.10. The molecule has 1 aliphatic rings. The minimum atomic E-state index is -1.11. The molecule has 1 fully saturated rings. The molecule has 1 N–H and O–H groups in total. The number of pyridine rings is 1. The molecular weight excluding hydrogens is 394 g/mol. The predicted octanol–water partition coefficient (Wildman–Crippen LogP) is 4.11. The van der Waals surface area contributed by atoms with Gasteiger partial charge in [0.15, 0.2) is 17.3 Å². The fourth-order valence-electron chi connectivity index (χ4n) is 3.78. The van der Waals surface area contributed by atoms with Crippen molar-refractivity contribution >= 4 is 17.4 Å². The van der Waals surface area contributed by atoms with Crippen LogP contribution in [0.1, 0.15) is 49.7 Å². The van der Waals surface area contributed by atoms with E-state index in [0.717, 1.165) is 6.07 Å². The predicted molar refractivity (Wildman–Crippen MR) is 107 cm³/mol. The number of amides is 1. The van der Waals surface area contributed by atoms with Crippen molar-refractivity contribution in [2.24, 2.45) is 5.92 Å².